The van der Waals surface area contributed by atoms with E-state index in [2.05, 4.69) is 0 Å². The van der Waals surface area contributed by atoms with Crippen LogP contribution in [0, 0.1) is 6.92 Å². The maximum atomic E-state index is 12.6. The van der Waals surface area contributed by atoms with Gasteiger partial charge in [-0.1, -0.05) is 23.8 Å². The Morgan fingerprint density at radius 3 is 2.36 bits per heavy atom. The lowest BCUT2D eigenvalue weighted by Crippen LogP contribution is -2.01. The summed E-state index contributed by atoms with van der Waals surface area (Å²) in [6, 6.07) is 6.36. The first kappa shape index (κ1) is 8.90. The molecular weight excluding hydrogens is 261 g/mol. The first-order valence-corrected chi connectivity index (χ1v) is 4.22. The van der Waals surface area contributed by atoms with E-state index in [-0.39, 0.29) is 5.56 Å². The van der Waals surface area contributed by atoms with Crippen molar-refractivity contribution in [1.82, 2.24) is 0 Å². The van der Waals surface area contributed by atoms with Crippen LogP contribution in [0.5, 0.6) is 0 Å². The zero-order valence-corrected chi connectivity index (χ0v) is 8.10. The molecule has 0 heterocycles. The van der Waals surface area contributed by atoms with Crippen LogP contribution in [0.1, 0.15) is 11.1 Å². The lowest BCUT2D eigenvalue weighted by Gasteiger charge is -2.08. The summed E-state index contributed by atoms with van der Waals surface area (Å²) in [5, 5.41) is 0. The van der Waals surface area contributed by atoms with E-state index in [1.165, 1.54) is 12.1 Å². The molecule has 0 N–H and O–H groups in total. The second-order valence-corrected chi connectivity index (χ2v) is 3.72. The van der Waals surface area contributed by atoms with Crippen molar-refractivity contribution in [2.45, 2.75) is 10.9 Å². The van der Waals surface area contributed by atoms with Crippen molar-refractivity contribution in [3.8, 4) is 0 Å². The molecule has 0 spiro atoms. The van der Waals surface area contributed by atoms with Gasteiger partial charge in [0, 0.05) is 28.2 Å². The summed E-state index contributed by atoms with van der Waals surface area (Å²) in [6.07, 6.45) is 0. The molecule has 0 aliphatic carbocycles. The third kappa shape index (κ3) is 2.39. The van der Waals surface area contributed by atoms with Crippen LogP contribution in [0.3, 0.4) is 0 Å². The van der Waals surface area contributed by atoms with Gasteiger partial charge in [-0.25, -0.2) is 0 Å². The molecule has 3 heteroatoms. The molecule has 0 saturated carbocycles. The van der Waals surface area contributed by atoms with Crippen LogP contribution in [-0.4, -0.2) is 0 Å². The zero-order valence-electron chi connectivity index (χ0n) is 5.94. The monoisotopic (exact) mass is 268 g/mol. The summed E-state index contributed by atoms with van der Waals surface area (Å²) in [5.41, 5.74) is 0.928. The van der Waals surface area contributed by atoms with Gasteiger partial charge in [-0.15, -0.1) is 0 Å². The summed E-state index contributed by atoms with van der Waals surface area (Å²) in [7, 11) is 0. The maximum absolute atomic E-state index is 12.6. The van der Waals surface area contributed by atoms with E-state index in [0.717, 1.165) is 28.2 Å². The van der Waals surface area contributed by atoms with Gasteiger partial charge in [-0.05, 0) is 13.0 Å². The molecule has 0 radical (unpaired) electrons. The molecule has 11 heavy (non-hydrogen) atoms. The van der Waals surface area contributed by atoms with Crippen molar-refractivity contribution < 1.29 is 8.78 Å². The zero-order chi connectivity index (χ0) is 8.48. The van der Waals surface area contributed by atoms with Gasteiger partial charge >= 0.3 is 3.93 Å². The number of halogens is 3. The molecule has 0 fully saturated rings. The number of rotatable bonds is 1. The molecule has 0 amide bonds. The van der Waals surface area contributed by atoms with Crippen molar-refractivity contribution in [3.63, 3.8) is 0 Å². The minimum atomic E-state index is -2.75. The first-order valence-electron chi connectivity index (χ1n) is 3.14. The summed E-state index contributed by atoms with van der Waals surface area (Å²) < 4.78 is 22.5. The van der Waals surface area contributed by atoms with E-state index in [9.17, 15) is 8.78 Å². The molecule has 0 unspecified atom stereocenters. The number of aryl methyl sites for hydroxylation is 1. The minimum absolute atomic E-state index is 0.0677. The molecule has 1 aromatic carbocycles. The Kier molecular flexibility index (Phi) is 2.47. The smallest absolute Gasteiger partial charge is 0.189 e. The Bertz CT molecular complexity index is 253. The van der Waals surface area contributed by atoms with Gasteiger partial charge in [0.1, 0.15) is 0 Å². The van der Waals surface area contributed by atoms with Crippen LogP contribution in [0.2, 0.25) is 0 Å². The molecule has 0 nitrogen and oxygen atoms in total. The minimum Gasteiger partial charge on any atom is -0.189 e. The van der Waals surface area contributed by atoms with E-state index in [4.69, 9.17) is 0 Å². The SMILES string of the molecule is Cc1cccc(C(F)(F)I)c1. The van der Waals surface area contributed by atoms with Gasteiger partial charge in [0.2, 0.25) is 0 Å². The first-order chi connectivity index (χ1) is 5.00. The van der Waals surface area contributed by atoms with Gasteiger partial charge in [-0.2, -0.15) is 8.78 Å². The molecule has 60 valence electrons. The maximum Gasteiger partial charge on any atom is 0.321 e. The highest BCUT2D eigenvalue weighted by molar-refractivity contribution is 14.1. The normalized spacial score (nSPS) is 11.6. The van der Waals surface area contributed by atoms with E-state index >= 15 is 0 Å². The quantitative estimate of drug-likeness (QED) is 0.540. The fraction of sp³-hybridized carbons (Fsp3) is 0.250. The van der Waals surface area contributed by atoms with Crippen LogP contribution in [0.4, 0.5) is 8.78 Å². The molecule has 0 saturated heterocycles. The number of hydrogen-bond donors (Lipinski definition) is 0. The fourth-order valence-corrected chi connectivity index (χ4v) is 1.16. The van der Waals surface area contributed by atoms with Gasteiger partial charge in [-0.3, -0.25) is 0 Å². The Balaban J connectivity index is 3.06. The number of benzene rings is 1. The summed E-state index contributed by atoms with van der Waals surface area (Å²) >= 11 is 1.13. The predicted octanol–water partition coefficient (Wildman–Crippen LogP) is 3.48. The van der Waals surface area contributed by atoms with Crippen LogP contribution in [0.25, 0.3) is 0 Å². The lowest BCUT2D eigenvalue weighted by molar-refractivity contribution is 0.127. The van der Waals surface area contributed by atoms with E-state index in [1.54, 1.807) is 19.1 Å². The molecule has 0 aliphatic rings. The number of hydrogen-bond acceptors (Lipinski definition) is 0. The molecule has 0 aromatic heterocycles. The fourth-order valence-electron chi connectivity index (χ4n) is 0.821. The topological polar surface area (TPSA) is 0 Å². The Labute approximate surface area is 77.8 Å². The third-order valence-corrected chi connectivity index (χ3v) is 1.97. The lowest BCUT2D eigenvalue weighted by atomic mass is 10.1. The average molecular weight is 268 g/mol. The van der Waals surface area contributed by atoms with Crippen molar-refractivity contribution in [3.05, 3.63) is 35.4 Å². The molecule has 1 rings (SSSR count). The van der Waals surface area contributed by atoms with Crippen molar-refractivity contribution >= 4 is 22.6 Å². The second-order valence-electron chi connectivity index (χ2n) is 2.37. The highest BCUT2D eigenvalue weighted by atomic mass is 127. The second kappa shape index (κ2) is 3.05. The van der Waals surface area contributed by atoms with Gasteiger partial charge in [0.05, 0.1) is 0 Å². The highest BCUT2D eigenvalue weighted by Gasteiger charge is 2.26. The Hall–Kier alpha value is -0.190. The molecule has 0 bridgehead atoms. The van der Waals surface area contributed by atoms with Crippen LogP contribution in [0.15, 0.2) is 24.3 Å². The summed E-state index contributed by atoms with van der Waals surface area (Å²) in [4.78, 5) is 0. The van der Waals surface area contributed by atoms with Crippen LogP contribution < -0.4 is 0 Å². The van der Waals surface area contributed by atoms with Crippen LogP contribution in [-0.2, 0) is 3.93 Å². The van der Waals surface area contributed by atoms with E-state index in [0.29, 0.717) is 0 Å². The van der Waals surface area contributed by atoms with Crippen molar-refractivity contribution in [2.75, 3.05) is 0 Å². The number of alkyl halides is 3. The van der Waals surface area contributed by atoms with E-state index in [1.807, 2.05) is 0 Å². The van der Waals surface area contributed by atoms with Gasteiger partial charge < -0.3 is 0 Å². The third-order valence-electron chi connectivity index (χ3n) is 1.35. The largest absolute Gasteiger partial charge is 0.321 e. The predicted molar refractivity (Wildman–Crippen MR) is 49.1 cm³/mol. The molecule has 1 aromatic rings. The Morgan fingerprint density at radius 1 is 1.36 bits per heavy atom. The van der Waals surface area contributed by atoms with Crippen LogP contribution >= 0.6 is 22.6 Å². The molecule has 0 aliphatic heterocycles. The van der Waals surface area contributed by atoms with Crippen molar-refractivity contribution in [2.24, 2.45) is 0 Å². The standard InChI is InChI=1S/C8H7F2I/c1-6-3-2-4-7(5-6)8(9,10)11/h2-5H,1H3. The summed E-state index contributed by atoms with van der Waals surface area (Å²) in [6.45, 7) is 1.80. The summed E-state index contributed by atoms with van der Waals surface area (Å²) in [5.74, 6) is 0. The highest BCUT2D eigenvalue weighted by Crippen LogP contribution is 2.35. The average Bonchev–Trinajstić information content (AvgIpc) is 1.86. The van der Waals surface area contributed by atoms with Crippen molar-refractivity contribution in [1.29, 1.82) is 0 Å². The van der Waals surface area contributed by atoms with Gasteiger partial charge in [0.15, 0.2) is 0 Å². The van der Waals surface area contributed by atoms with Gasteiger partial charge in [0.25, 0.3) is 0 Å². The Morgan fingerprint density at radius 2 is 2.00 bits per heavy atom. The molecule has 0 atom stereocenters. The molecular formula is C8H7F2I. The van der Waals surface area contributed by atoms with E-state index < -0.39 is 3.93 Å².